The van der Waals surface area contributed by atoms with Crippen LogP contribution in [-0.2, 0) is 9.53 Å². The van der Waals surface area contributed by atoms with Gasteiger partial charge >= 0.3 is 5.97 Å². The number of carbonyl (C=O) groups is 1. The van der Waals surface area contributed by atoms with Gasteiger partial charge in [0.2, 0.25) is 0 Å². The summed E-state index contributed by atoms with van der Waals surface area (Å²) >= 11 is 0. The van der Waals surface area contributed by atoms with Gasteiger partial charge in [0, 0.05) is 7.11 Å². The summed E-state index contributed by atoms with van der Waals surface area (Å²) in [5.74, 6) is -0.578. The standard InChI is InChI=1S/C9H16O3/c1-12-8(9(10)11)7-5-3-2-4-6-7/h7-8H,2-6H2,1H3,(H,10,11)/t8-/m1/s1. The van der Waals surface area contributed by atoms with E-state index in [-0.39, 0.29) is 5.92 Å². The lowest BCUT2D eigenvalue weighted by Gasteiger charge is -2.26. The molecule has 1 N–H and O–H groups in total. The Balaban J connectivity index is 2.46. The topological polar surface area (TPSA) is 46.5 Å². The van der Waals surface area contributed by atoms with Gasteiger partial charge < -0.3 is 9.84 Å². The molecule has 0 heterocycles. The zero-order chi connectivity index (χ0) is 8.97. The summed E-state index contributed by atoms with van der Waals surface area (Å²) in [5, 5.41) is 8.80. The highest BCUT2D eigenvalue weighted by atomic mass is 16.5. The van der Waals surface area contributed by atoms with Crippen molar-refractivity contribution >= 4 is 5.97 Å². The molecule has 12 heavy (non-hydrogen) atoms. The molecule has 0 amide bonds. The molecule has 70 valence electrons. The lowest BCUT2D eigenvalue weighted by Crippen LogP contribution is -2.32. The van der Waals surface area contributed by atoms with E-state index < -0.39 is 12.1 Å². The zero-order valence-corrected chi connectivity index (χ0v) is 7.45. The van der Waals surface area contributed by atoms with Crippen LogP contribution in [0.15, 0.2) is 0 Å². The van der Waals surface area contributed by atoms with E-state index in [0.717, 1.165) is 25.7 Å². The maximum Gasteiger partial charge on any atom is 0.333 e. The summed E-state index contributed by atoms with van der Waals surface area (Å²) in [6.45, 7) is 0. The third-order valence-electron chi connectivity index (χ3n) is 2.58. The minimum Gasteiger partial charge on any atom is -0.479 e. The molecule has 1 rings (SSSR count). The third-order valence-corrected chi connectivity index (χ3v) is 2.58. The molecule has 0 aromatic rings. The minimum atomic E-state index is -0.815. The minimum absolute atomic E-state index is 0.237. The highest BCUT2D eigenvalue weighted by Crippen LogP contribution is 2.27. The van der Waals surface area contributed by atoms with Gasteiger partial charge in [-0.3, -0.25) is 0 Å². The second-order valence-electron chi connectivity index (χ2n) is 3.39. The maximum atomic E-state index is 10.7. The molecule has 3 heteroatoms. The van der Waals surface area contributed by atoms with Crippen LogP contribution < -0.4 is 0 Å². The van der Waals surface area contributed by atoms with Gasteiger partial charge in [0.25, 0.3) is 0 Å². The average Bonchev–Trinajstić information content (AvgIpc) is 2.07. The normalized spacial score (nSPS) is 22.1. The molecule has 1 aliphatic carbocycles. The number of hydrogen-bond donors (Lipinski definition) is 1. The summed E-state index contributed by atoms with van der Waals surface area (Å²) in [5.41, 5.74) is 0. The number of hydrogen-bond acceptors (Lipinski definition) is 2. The van der Waals surface area contributed by atoms with Crippen molar-refractivity contribution in [2.75, 3.05) is 7.11 Å². The molecule has 0 saturated heterocycles. The highest BCUT2D eigenvalue weighted by molar-refractivity contribution is 5.72. The van der Waals surface area contributed by atoms with Crippen LogP contribution in [-0.4, -0.2) is 24.3 Å². The van der Waals surface area contributed by atoms with Crippen molar-refractivity contribution in [3.63, 3.8) is 0 Å². The zero-order valence-electron chi connectivity index (χ0n) is 7.45. The van der Waals surface area contributed by atoms with Crippen molar-refractivity contribution in [3.05, 3.63) is 0 Å². The summed E-state index contributed by atoms with van der Waals surface area (Å²) in [4.78, 5) is 10.7. The Morgan fingerprint density at radius 2 is 2.00 bits per heavy atom. The number of rotatable bonds is 3. The summed E-state index contributed by atoms with van der Waals surface area (Å²) in [7, 11) is 1.48. The monoisotopic (exact) mass is 172 g/mol. The molecule has 0 unspecified atom stereocenters. The van der Waals surface area contributed by atoms with E-state index in [2.05, 4.69) is 0 Å². The Bertz CT molecular complexity index is 150. The maximum absolute atomic E-state index is 10.7. The quantitative estimate of drug-likeness (QED) is 0.704. The average molecular weight is 172 g/mol. The predicted octanol–water partition coefficient (Wildman–Crippen LogP) is 1.67. The van der Waals surface area contributed by atoms with Crippen LogP contribution in [0.3, 0.4) is 0 Å². The summed E-state index contributed by atoms with van der Waals surface area (Å²) in [6.07, 6.45) is 4.97. The Morgan fingerprint density at radius 3 is 2.42 bits per heavy atom. The molecule has 3 nitrogen and oxygen atoms in total. The van der Waals surface area contributed by atoms with E-state index in [1.165, 1.54) is 13.5 Å². The second kappa shape index (κ2) is 4.45. The van der Waals surface area contributed by atoms with Gasteiger partial charge in [-0.2, -0.15) is 0 Å². The van der Waals surface area contributed by atoms with E-state index in [9.17, 15) is 4.79 Å². The van der Waals surface area contributed by atoms with Gasteiger partial charge in [-0.05, 0) is 18.8 Å². The highest BCUT2D eigenvalue weighted by Gasteiger charge is 2.28. The fraction of sp³-hybridized carbons (Fsp3) is 0.889. The Kier molecular flexibility index (Phi) is 3.53. The first-order valence-corrected chi connectivity index (χ1v) is 4.51. The van der Waals surface area contributed by atoms with Crippen LogP contribution >= 0.6 is 0 Å². The molecule has 0 spiro atoms. The second-order valence-corrected chi connectivity index (χ2v) is 3.39. The van der Waals surface area contributed by atoms with Gasteiger partial charge in [0.15, 0.2) is 6.10 Å². The van der Waals surface area contributed by atoms with E-state index >= 15 is 0 Å². The van der Waals surface area contributed by atoms with Crippen molar-refractivity contribution in [2.45, 2.75) is 38.2 Å². The molecule has 0 aromatic carbocycles. The van der Waals surface area contributed by atoms with E-state index in [1.54, 1.807) is 0 Å². The number of ether oxygens (including phenoxy) is 1. The van der Waals surface area contributed by atoms with Crippen LogP contribution in [0.2, 0.25) is 0 Å². The number of aliphatic carboxylic acids is 1. The van der Waals surface area contributed by atoms with Crippen molar-refractivity contribution in [2.24, 2.45) is 5.92 Å². The lowest BCUT2D eigenvalue weighted by molar-refractivity contribution is -0.152. The van der Waals surface area contributed by atoms with Gasteiger partial charge in [0.1, 0.15) is 0 Å². The lowest BCUT2D eigenvalue weighted by atomic mass is 9.85. The van der Waals surface area contributed by atoms with E-state index in [0.29, 0.717) is 0 Å². The van der Waals surface area contributed by atoms with E-state index in [4.69, 9.17) is 9.84 Å². The van der Waals surface area contributed by atoms with Crippen molar-refractivity contribution in [3.8, 4) is 0 Å². The Labute approximate surface area is 72.7 Å². The smallest absolute Gasteiger partial charge is 0.333 e. The molecule has 1 saturated carbocycles. The van der Waals surface area contributed by atoms with Gasteiger partial charge in [0.05, 0.1) is 0 Å². The van der Waals surface area contributed by atoms with Gasteiger partial charge in [-0.1, -0.05) is 19.3 Å². The first-order chi connectivity index (χ1) is 5.75. The summed E-state index contributed by atoms with van der Waals surface area (Å²) < 4.78 is 4.95. The predicted molar refractivity (Wildman–Crippen MR) is 45.0 cm³/mol. The van der Waals surface area contributed by atoms with Crippen molar-refractivity contribution in [1.82, 2.24) is 0 Å². The van der Waals surface area contributed by atoms with Crippen LogP contribution in [0.5, 0.6) is 0 Å². The molecular formula is C9H16O3. The fourth-order valence-corrected chi connectivity index (χ4v) is 1.93. The molecule has 0 aliphatic heterocycles. The third kappa shape index (κ3) is 2.21. The van der Waals surface area contributed by atoms with E-state index in [1.807, 2.05) is 0 Å². The first kappa shape index (κ1) is 9.52. The van der Waals surface area contributed by atoms with Crippen LogP contribution in [0.4, 0.5) is 0 Å². The van der Waals surface area contributed by atoms with Crippen LogP contribution in [0.25, 0.3) is 0 Å². The first-order valence-electron chi connectivity index (χ1n) is 4.51. The summed E-state index contributed by atoms with van der Waals surface area (Å²) in [6, 6.07) is 0. The molecule has 1 atom stereocenters. The van der Waals surface area contributed by atoms with Crippen LogP contribution in [0, 0.1) is 5.92 Å². The molecule has 1 fully saturated rings. The number of methoxy groups -OCH3 is 1. The Hall–Kier alpha value is -0.570. The SMILES string of the molecule is CO[C@@H](C(=O)O)C1CCCCC1. The molecular weight excluding hydrogens is 156 g/mol. The molecule has 0 aromatic heterocycles. The number of carboxylic acids is 1. The van der Waals surface area contributed by atoms with Gasteiger partial charge in [-0.25, -0.2) is 4.79 Å². The number of carboxylic acid groups (broad SMARTS) is 1. The molecule has 1 aliphatic rings. The fourth-order valence-electron chi connectivity index (χ4n) is 1.93. The van der Waals surface area contributed by atoms with Crippen molar-refractivity contribution in [1.29, 1.82) is 0 Å². The van der Waals surface area contributed by atoms with Crippen molar-refractivity contribution < 1.29 is 14.6 Å². The largest absolute Gasteiger partial charge is 0.479 e. The van der Waals surface area contributed by atoms with Gasteiger partial charge in [-0.15, -0.1) is 0 Å². The molecule has 0 bridgehead atoms. The molecule has 0 radical (unpaired) electrons. The Morgan fingerprint density at radius 1 is 1.42 bits per heavy atom. The van der Waals surface area contributed by atoms with Crippen LogP contribution in [0.1, 0.15) is 32.1 Å².